The molecule has 19 heteroatoms. The second-order valence-electron chi connectivity index (χ2n) is 34.4. The Morgan fingerprint density at radius 1 is 0.246 bits per heavy atom. The fourth-order valence-corrected chi connectivity index (χ4v) is 16.6. The molecule has 0 aromatic heterocycles. The number of aliphatic hydroxyl groups excluding tert-OH is 1. The van der Waals surface area contributed by atoms with Crippen molar-refractivity contribution in [2.45, 2.75) is 541 Å². The minimum Gasteiger partial charge on any atom is -0.462 e. The highest BCUT2D eigenvalue weighted by Gasteiger charge is 2.31. The van der Waals surface area contributed by atoms with Crippen molar-refractivity contribution in [1.82, 2.24) is 0 Å². The van der Waals surface area contributed by atoms with Crippen molar-refractivity contribution in [2.75, 3.05) is 39.6 Å². The zero-order chi connectivity index (χ0) is 83.3. The lowest BCUT2D eigenvalue weighted by Crippen LogP contribution is -2.30. The van der Waals surface area contributed by atoms with Crippen molar-refractivity contribution < 1.29 is 80.2 Å². The number of esters is 4. The van der Waals surface area contributed by atoms with Crippen LogP contribution < -0.4 is 0 Å². The van der Waals surface area contributed by atoms with Crippen LogP contribution >= 0.6 is 15.6 Å². The van der Waals surface area contributed by atoms with Crippen LogP contribution in [0.5, 0.6) is 0 Å². The summed E-state index contributed by atoms with van der Waals surface area (Å²) in [5, 5.41) is 10.7. The van der Waals surface area contributed by atoms with Gasteiger partial charge in [-0.25, -0.2) is 9.13 Å². The van der Waals surface area contributed by atoms with E-state index in [9.17, 15) is 43.2 Å². The lowest BCUT2D eigenvalue weighted by Gasteiger charge is -2.21. The molecule has 0 saturated heterocycles. The first-order chi connectivity index (χ1) is 55.6. The average molecular weight is 1660 g/mol. The summed E-state index contributed by atoms with van der Waals surface area (Å²) in [6, 6.07) is 0. The van der Waals surface area contributed by atoms with Crippen molar-refractivity contribution in [1.29, 1.82) is 0 Å². The molecule has 0 aliphatic rings. The fraction of sp³-hybridized carbons (Fsp3) is 0.958. The minimum atomic E-state index is -4.97. The van der Waals surface area contributed by atoms with Gasteiger partial charge in [-0.2, -0.15) is 0 Å². The third-order valence-electron chi connectivity index (χ3n) is 22.9. The van der Waals surface area contributed by atoms with E-state index in [-0.39, 0.29) is 25.7 Å². The molecule has 0 aliphatic heterocycles. The molecule has 0 heterocycles. The van der Waals surface area contributed by atoms with Crippen LogP contribution in [0.1, 0.15) is 523 Å². The number of rotatable bonds is 95. The summed E-state index contributed by atoms with van der Waals surface area (Å²) < 4.78 is 69.2. The Morgan fingerprint density at radius 3 is 0.623 bits per heavy atom. The summed E-state index contributed by atoms with van der Waals surface area (Å²) in [6.45, 7) is 7.49. The predicted octanol–water partition coefficient (Wildman–Crippen LogP) is 29.9. The van der Waals surface area contributed by atoms with Gasteiger partial charge in [-0.3, -0.25) is 37.3 Å². The van der Waals surface area contributed by atoms with Crippen LogP contribution in [0.25, 0.3) is 0 Å². The first kappa shape index (κ1) is 112. The summed E-state index contributed by atoms with van der Waals surface area (Å²) in [5.74, 6) is -1.22. The Morgan fingerprint density at radius 2 is 0.421 bits per heavy atom. The number of unbranched alkanes of at least 4 members (excludes halogenated alkanes) is 66. The SMILES string of the molecule is CCCCCCCCCCCCCCCCCCCCCCCC(=O)OC[C@H](COP(=O)(O)OC[C@@H](O)COP(=O)(O)OC[C@@H](COC(=O)CCCCCCCCCCCCCC)OC(=O)CCCCCCCCCCCCCCCCCCCCC)OC(=O)CCCCCCCCCCCCCCCCCCCCC(C)CC. The van der Waals surface area contributed by atoms with E-state index in [2.05, 4.69) is 34.6 Å². The molecular formula is C95H186O17P2. The van der Waals surface area contributed by atoms with Gasteiger partial charge < -0.3 is 33.8 Å². The topological polar surface area (TPSA) is 237 Å². The lowest BCUT2D eigenvalue weighted by atomic mass is 9.99. The molecule has 6 atom stereocenters. The van der Waals surface area contributed by atoms with Crippen molar-refractivity contribution in [3.63, 3.8) is 0 Å². The van der Waals surface area contributed by atoms with E-state index in [1.807, 2.05) is 0 Å². The summed E-state index contributed by atoms with van der Waals surface area (Å²) >= 11 is 0. The number of carbonyl (C=O) groups excluding carboxylic acids is 4. The molecule has 0 aromatic rings. The second kappa shape index (κ2) is 87.4. The van der Waals surface area contributed by atoms with E-state index in [1.165, 1.54) is 347 Å². The van der Waals surface area contributed by atoms with Gasteiger partial charge in [-0.15, -0.1) is 0 Å². The number of phosphoric acid groups is 2. The molecular weight excluding hydrogens is 1470 g/mol. The molecule has 678 valence electrons. The van der Waals surface area contributed by atoms with Gasteiger partial charge in [0, 0.05) is 25.7 Å². The standard InChI is InChI=1S/C95H186O17P2/c1-6-10-13-16-19-22-25-28-30-32-34-35-37-41-45-49-54-59-64-69-74-79-93(98)106-85-91(112-95(100)81-76-71-66-61-56-51-47-43-39-38-40-44-48-52-57-62-67-72-77-88(5)9-4)87-110-114(103,104)108-83-89(96)82-107-113(101,102)109-86-90(84-105-92(97)78-73-68-63-58-53-27-24-21-18-15-12-8-3)111-94(99)80-75-70-65-60-55-50-46-42-36-33-31-29-26-23-20-17-14-11-7-2/h88-91,96H,6-87H2,1-5H3,(H,101,102)(H,103,104)/t88?,89-,90+,91+/m0/s1. The van der Waals surface area contributed by atoms with Gasteiger partial charge in [0.05, 0.1) is 26.4 Å². The molecule has 0 spiro atoms. The van der Waals surface area contributed by atoms with Crippen molar-refractivity contribution in [3.8, 4) is 0 Å². The van der Waals surface area contributed by atoms with Crippen molar-refractivity contribution in [2.24, 2.45) is 5.92 Å². The molecule has 0 amide bonds. The average Bonchev–Trinajstić information content (AvgIpc) is 0.899. The second-order valence-corrected chi connectivity index (χ2v) is 37.3. The van der Waals surface area contributed by atoms with Crippen LogP contribution in [0.15, 0.2) is 0 Å². The summed E-state index contributed by atoms with van der Waals surface area (Å²) in [5.41, 5.74) is 0. The number of aliphatic hydroxyl groups is 1. The molecule has 0 radical (unpaired) electrons. The van der Waals surface area contributed by atoms with Gasteiger partial charge in [-0.05, 0) is 31.6 Å². The molecule has 3 unspecified atom stereocenters. The molecule has 114 heavy (non-hydrogen) atoms. The van der Waals surface area contributed by atoms with Gasteiger partial charge in [0.1, 0.15) is 19.3 Å². The summed E-state index contributed by atoms with van der Waals surface area (Å²) in [4.78, 5) is 73.6. The smallest absolute Gasteiger partial charge is 0.462 e. The molecule has 0 bridgehead atoms. The van der Waals surface area contributed by atoms with E-state index in [0.717, 1.165) is 95.8 Å². The predicted molar refractivity (Wildman–Crippen MR) is 474 cm³/mol. The minimum absolute atomic E-state index is 0.110. The maximum absolute atomic E-state index is 13.2. The van der Waals surface area contributed by atoms with Crippen molar-refractivity contribution >= 4 is 39.5 Å². The third kappa shape index (κ3) is 86.4. The first-order valence-electron chi connectivity index (χ1n) is 49.2. The molecule has 0 aliphatic carbocycles. The molecule has 0 fully saturated rings. The normalized spacial score (nSPS) is 13.9. The third-order valence-corrected chi connectivity index (χ3v) is 24.8. The Kier molecular flexibility index (Phi) is 85.9. The van der Waals surface area contributed by atoms with Gasteiger partial charge in [0.25, 0.3) is 0 Å². The van der Waals surface area contributed by atoms with Gasteiger partial charge in [0.2, 0.25) is 0 Å². The number of phosphoric ester groups is 2. The zero-order valence-electron chi connectivity index (χ0n) is 75.2. The molecule has 17 nitrogen and oxygen atoms in total. The zero-order valence-corrected chi connectivity index (χ0v) is 77.0. The van der Waals surface area contributed by atoms with E-state index < -0.39 is 97.5 Å². The number of ether oxygens (including phenoxy) is 4. The van der Waals surface area contributed by atoms with Crippen LogP contribution in [-0.2, 0) is 65.4 Å². The number of hydrogen-bond donors (Lipinski definition) is 3. The fourth-order valence-electron chi connectivity index (χ4n) is 15.0. The summed E-state index contributed by atoms with van der Waals surface area (Å²) in [6.07, 6.45) is 84.8. The molecule has 0 saturated carbocycles. The molecule has 0 aromatic carbocycles. The van der Waals surface area contributed by atoms with E-state index in [0.29, 0.717) is 25.7 Å². The maximum atomic E-state index is 13.2. The quantitative estimate of drug-likeness (QED) is 0.0222. The summed E-state index contributed by atoms with van der Waals surface area (Å²) in [7, 11) is -9.94. The highest BCUT2D eigenvalue weighted by Crippen LogP contribution is 2.45. The highest BCUT2D eigenvalue weighted by atomic mass is 31.2. The first-order valence-corrected chi connectivity index (χ1v) is 52.2. The van der Waals surface area contributed by atoms with Crippen LogP contribution in [0, 0.1) is 5.92 Å². The van der Waals surface area contributed by atoms with E-state index in [1.54, 1.807) is 0 Å². The van der Waals surface area contributed by atoms with Crippen LogP contribution in [-0.4, -0.2) is 96.7 Å². The molecule has 0 rings (SSSR count). The van der Waals surface area contributed by atoms with Crippen LogP contribution in [0.3, 0.4) is 0 Å². The Hall–Kier alpha value is -1.94. The van der Waals surface area contributed by atoms with E-state index >= 15 is 0 Å². The van der Waals surface area contributed by atoms with Gasteiger partial charge in [-0.1, -0.05) is 471 Å². The van der Waals surface area contributed by atoms with E-state index in [4.69, 9.17) is 37.0 Å². The maximum Gasteiger partial charge on any atom is 0.472 e. The number of carbonyl (C=O) groups is 4. The Labute approximate surface area is 702 Å². The van der Waals surface area contributed by atoms with Crippen LogP contribution in [0.2, 0.25) is 0 Å². The van der Waals surface area contributed by atoms with Crippen LogP contribution in [0.4, 0.5) is 0 Å². The lowest BCUT2D eigenvalue weighted by molar-refractivity contribution is -0.161. The van der Waals surface area contributed by atoms with Gasteiger partial charge in [0.15, 0.2) is 12.2 Å². The van der Waals surface area contributed by atoms with Gasteiger partial charge >= 0.3 is 39.5 Å². The number of hydrogen-bond acceptors (Lipinski definition) is 15. The highest BCUT2D eigenvalue weighted by molar-refractivity contribution is 7.47. The largest absolute Gasteiger partial charge is 0.472 e. The van der Waals surface area contributed by atoms with Crippen molar-refractivity contribution in [3.05, 3.63) is 0 Å². The molecule has 3 N–H and O–H groups in total. The monoisotopic (exact) mass is 1660 g/mol. The Balaban J connectivity index is 5.24. The Bertz CT molecular complexity index is 2150.